The average molecular weight is 591 g/mol. The zero-order valence-electron chi connectivity index (χ0n) is 27.0. The fourth-order valence-corrected chi connectivity index (χ4v) is 6.15. The van der Waals surface area contributed by atoms with Crippen molar-refractivity contribution in [1.29, 1.82) is 0 Å². The summed E-state index contributed by atoms with van der Waals surface area (Å²) in [7, 11) is 0. The van der Waals surface area contributed by atoms with Crippen LogP contribution in [0.1, 0.15) is 139 Å². The third-order valence-electron chi connectivity index (χ3n) is 8.90. The Morgan fingerprint density at radius 3 is 1.77 bits per heavy atom. The Kier molecular flexibility index (Phi) is 17.7. The van der Waals surface area contributed by atoms with Gasteiger partial charge in [-0.1, -0.05) is 103 Å². The van der Waals surface area contributed by atoms with Crippen LogP contribution in [0.25, 0.3) is 0 Å². The Morgan fingerprint density at radius 1 is 0.651 bits per heavy atom. The van der Waals surface area contributed by atoms with E-state index in [4.69, 9.17) is 14.2 Å². The second-order valence-corrected chi connectivity index (χ2v) is 12.5. The number of allylic oxidation sites excluding steroid dienone is 1. The van der Waals surface area contributed by atoms with Crippen LogP contribution < -0.4 is 14.2 Å². The molecule has 1 fully saturated rings. The van der Waals surface area contributed by atoms with Crippen LogP contribution in [0.15, 0.2) is 61.2 Å². The first-order chi connectivity index (χ1) is 21.2. The van der Waals surface area contributed by atoms with Gasteiger partial charge in [-0.25, -0.2) is 4.79 Å². The van der Waals surface area contributed by atoms with E-state index < -0.39 is 0 Å². The Morgan fingerprint density at radius 2 is 1.14 bits per heavy atom. The lowest BCUT2D eigenvalue weighted by molar-refractivity contribution is 0.0734. The third kappa shape index (κ3) is 15.0. The maximum absolute atomic E-state index is 12.6. The van der Waals surface area contributed by atoms with Crippen LogP contribution in [0.2, 0.25) is 0 Å². The lowest BCUT2D eigenvalue weighted by Crippen LogP contribution is -2.15. The summed E-state index contributed by atoms with van der Waals surface area (Å²) in [4.78, 5) is 12.6. The highest BCUT2D eigenvalue weighted by molar-refractivity contribution is 5.91. The van der Waals surface area contributed by atoms with Crippen LogP contribution in [0.5, 0.6) is 17.2 Å². The minimum atomic E-state index is -0.372. The quantitative estimate of drug-likeness (QED) is 0.0559. The van der Waals surface area contributed by atoms with Gasteiger partial charge >= 0.3 is 5.97 Å². The van der Waals surface area contributed by atoms with Gasteiger partial charge in [0, 0.05) is 0 Å². The predicted molar refractivity (Wildman–Crippen MR) is 179 cm³/mol. The second kappa shape index (κ2) is 21.9. The van der Waals surface area contributed by atoms with Gasteiger partial charge in [-0.2, -0.15) is 0 Å². The summed E-state index contributed by atoms with van der Waals surface area (Å²) in [6.45, 7) is 7.49. The molecular formula is C39H58O4. The van der Waals surface area contributed by atoms with Gasteiger partial charge in [0.05, 0.1) is 18.8 Å². The molecule has 1 aliphatic carbocycles. The third-order valence-corrected chi connectivity index (χ3v) is 8.90. The molecule has 0 heterocycles. The molecule has 2 aromatic carbocycles. The minimum Gasteiger partial charge on any atom is -0.494 e. The van der Waals surface area contributed by atoms with Crippen LogP contribution in [0, 0.1) is 11.8 Å². The molecule has 4 heteroatoms. The number of hydrogen-bond acceptors (Lipinski definition) is 4. The number of carbonyl (C=O) groups is 1. The van der Waals surface area contributed by atoms with Crippen molar-refractivity contribution in [3.05, 3.63) is 66.7 Å². The monoisotopic (exact) mass is 590 g/mol. The van der Waals surface area contributed by atoms with E-state index in [1.165, 1.54) is 103 Å². The standard InChI is InChI=1S/C39H58O4/c1-3-5-7-9-10-11-13-15-31-41-36-25-23-35(24-26-36)39(40)43-38-29-27-37(28-30-38)42-32-16-18-34-21-19-33(20-22-34)17-14-12-8-6-4-2/h3,23-30,33-34H,1,4-22,31-32H2,2H3/t33-,34-. The van der Waals surface area contributed by atoms with Crippen molar-refractivity contribution in [2.75, 3.05) is 13.2 Å². The first-order valence-electron chi connectivity index (χ1n) is 17.5. The summed E-state index contributed by atoms with van der Waals surface area (Å²) in [6, 6.07) is 14.6. The van der Waals surface area contributed by atoms with Crippen LogP contribution in [0.4, 0.5) is 0 Å². The number of ether oxygens (including phenoxy) is 3. The number of benzene rings is 2. The summed E-state index contributed by atoms with van der Waals surface area (Å²) in [6.07, 6.45) is 26.9. The minimum absolute atomic E-state index is 0.372. The van der Waals surface area contributed by atoms with Gasteiger partial charge in [-0.05, 0) is 92.5 Å². The van der Waals surface area contributed by atoms with Crippen LogP contribution in [0.3, 0.4) is 0 Å². The number of esters is 1. The van der Waals surface area contributed by atoms with Gasteiger partial charge in [-0.15, -0.1) is 6.58 Å². The Balaban J connectivity index is 1.23. The van der Waals surface area contributed by atoms with E-state index in [0.29, 0.717) is 17.9 Å². The molecule has 0 amide bonds. The molecule has 1 saturated carbocycles. The summed E-state index contributed by atoms with van der Waals surface area (Å²) >= 11 is 0. The zero-order chi connectivity index (χ0) is 30.4. The van der Waals surface area contributed by atoms with Gasteiger partial charge in [0.25, 0.3) is 0 Å². The Bertz CT molecular complexity index is 989. The van der Waals surface area contributed by atoms with E-state index >= 15 is 0 Å². The first kappa shape index (κ1) is 34.7. The SMILES string of the molecule is C=CCCCCCCCCOc1ccc(C(=O)Oc2ccc(OCCC[C@H]3CC[C@H](CCCCCCC)CC3)cc2)cc1. The van der Waals surface area contributed by atoms with E-state index in [1.54, 1.807) is 24.3 Å². The summed E-state index contributed by atoms with van der Waals surface area (Å²) < 4.78 is 17.4. The smallest absolute Gasteiger partial charge is 0.343 e. The highest BCUT2D eigenvalue weighted by Crippen LogP contribution is 2.34. The van der Waals surface area contributed by atoms with Crippen molar-refractivity contribution < 1.29 is 19.0 Å². The lowest BCUT2D eigenvalue weighted by Gasteiger charge is -2.28. The molecule has 2 aromatic rings. The molecule has 3 rings (SSSR count). The van der Waals surface area contributed by atoms with Gasteiger partial charge in [0.15, 0.2) is 0 Å². The molecule has 0 aliphatic heterocycles. The van der Waals surface area contributed by atoms with Crippen molar-refractivity contribution in [3.63, 3.8) is 0 Å². The van der Waals surface area contributed by atoms with Crippen molar-refractivity contribution >= 4 is 5.97 Å². The van der Waals surface area contributed by atoms with Gasteiger partial charge < -0.3 is 14.2 Å². The maximum Gasteiger partial charge on any atom is 0.343 e. The van der Waals surface area contributed by atoms with Crippen molar-refractivity contribution in [3.8, 4) is 17.2 Å². The highest BCUT2D eigenvalue weighted by atomic mass is 16.5. The number of unbranched alkanes of at least 4 members (excludes halogenated alkanes) is 10. The van der Waals surface area contributed by atoms with E-state index in [1.807, 2.05) is 30.3 Å². The summed E-state index contributed by atoms with van der Waals surface area (Å²) in [5.41, 5.74) is 0.508. The highest BCUT2D eigenvalue weighted by Gasteiger charge is 2.20. The Hall–Kier alpha value is -2.75. The number of hydrogen-bond donors (Lipinski definition) is 0. The molecule has 43 heavy (non-hydrogen) atoms. The van der Waals surface area contributed by atoms with E-state index in [2.05, 4.69) is 13.5 Å². The number of rotatable bonds is 23. The van der Waals surface area contributed by atoms with Crippen LogP contribution >= 0.6 is 0 Å². The van der Waals surface area contributed by atoms with Crippen molar-refractivity contribution in [1.82, 2.24) is 0 Å². The molecule has 0 aromatic heterocycles. The lowest BCUT2D eigenvalue weighted by atomic mass is 9.78. The molecule has 0 unspecified atom stereocenters. The molecule has 0 bridgehead atoms. The molecular weight excluding hydrogens is 532 g/mol. The van der Waals surface area contributed by atoms with E-state index in [-0.39, 0.29) is 5.97 Å². The van der Waals surface area contributed by atoms with Crippen LogP contribution in [-0.4, -0.2) is 19.2 Å². The van der Waals surface area contributed by atoms with Gasteiger partial charge in [0.2, 0.25) is 0 Å². The number of carbonyl (C=O) groups excluding carboxylic acids is 1. The molecule has 0 radical (unpaired) electrons. The molecule has 0 atom stereocenters. The van der Waals surface area contributed by atoms with Crippen LogP contribution in [-0.2, 0) is 0 Å². The predicted octanol–water partition coefficient (Wildman–Crippen LogP) is 11.5. The zero-order valence-corrected chi connectivity index (χ0v) is 27.0. The van der Waals surface area contributed by atoms with Gasteiger partial charge in [-0.3, -0.25) is 0 Å². The topological polar surface area (TPSA) is 44.8 Å². The van der Waals surface area contributed by atoms with Crippen molar-refractivity contribution in [2.45, 2.75) is 129 Å². The Labute approximate surface area is 262 Å². The largest absolute Gasteiger partial charge is 0.494 e. The molecule has 0 saturated heterocycles. The van der Waals surface area contributed by atoms with E-state index in [9.17, 15) is 4.79 Å². The molecule has 1 aliphatic rings. The normalized spacial score (nSPS) is 16.5. The fraction of sp³-hybridized carbons (Fsp3) is 0.615. The van der Waals surface area contributed by atoms with Gasteiger partial charge in [0.1, 0.15) is 17.2 Å². The first-order valence-corrected chi connectivity index (χ1v) is 17.5. The van der Waals surface area contributed by atoms with E-state index in [0.717, 1.165) is 49.2 Å². The fourth-order valence-electron chi connectivity index (χ4n) is 6.15. The summed E-state index contributed by atoms with van der Waals surface area (Å²) in [5, 5.41) is 0. The molecule has 238 valence electrons. The molecule has 0 N–H and O–H groups in total. The molecule has 0 spiro atoms. The maximum atomic E-state index is 12.6. The van der Waals surface area contributed by atoms with Crippen molar-refractivity contribution in [2.24, 2.45) is 11.8 Å². The average Bonchev–Trinajstić information content (AvgIpc) is 3.04. The summed E-state index contributed by atoms with van der Waals surface area (Å²) in [5.74, 6) is 3.59. The molecule has 4 nitrogen and oxygen atoms in total. The second-order valence-electron chi connectivity index (χ2n) is 12.5.